The molecule has 0 aliphatic rings. The molecule has 0 bridgehead atoms. The number of hydrogen-bond acceptors (Lipinski definition) is 3. The Hall–Kier alpha value is -3.18. The van der Waals surface area contributed by atoms with Crippen molar-refractivity contribution < 1.29 is 9.59 Å². The van der Waals surface area contributed by atoms with Crippen molar-refractivity contribution in [1.29, 1.82) is 0 Å². The maximum atomic E-state index is 13.2. The number of benzene rings is 2. The molecular weight excluding hydrogens is 404 g/mol. The van der Waals surface area contributed by atoms with Crippen LogP contribution in [-0.4, -0.2) is 11.8 Å². The summed E-state index contributed by atoms with van der Waals surface area (Å²) in [5, 5.41) is 7.87. The molecule has 2 aromatic carbocycles. The molecule has 2 amide bonds. The summed E-state index contributed by atoms with van der Waals surface area (Å²) in [6, 6.07) is 17.3. The smallest absolute Gasteiger partial charge is 0.268 e. The van der Waals surface area contributed by atoms with Gasteiger partial charge in [-0.25, -0.2) is 0 Å². The first-order chi connectivity index (χ1) is 14.9. The Morgan fingerprint density at radius 1 is 0.968 bits per heavy atom. The van der Waals surface area contributed by atoms with Gasteiger partial charge in [-0.2, -0.15) is 0 Å². The molecule has 0 saturated heterocycles. The van der Waals surface area contributed by atoms with Gasteiger partial charge in [0.05, 0.1) is 6.04 Å². The summed E-state index contributed by atoms with van der Waals surface area (Å²) in [5.41, 5.74) is 5.10. The van der Waals surface area contributed by atoms with Gasteiger partial charge >= 0.3 is 0 Å². The fraction of sp³-hybridized carbons (Fsp3) is 0.231. The number of amides is 2. The average Bonchev–Trinajstić information content (AvgIpc) is 3.27. The molecule has 4 nitrogen and oxygen atoms in total. The van der Waals surface area contributed by atoms with Crippen molar-refractivity contribution in [2.24, 2.45) is 0 Å². The Labute approximate surface area is 188 Å². The van der Waals surface area contributed by atoms with Crippen LogP contribution in [0.25, 0.3) is 6.08 Å². The second kappa shape index (κ2) is 10.2. The van der Waals surface area contributed by atoms with Gasteiger partial charge in [0.25, 0.3) is 11.8 Å². The topological polar surface area (TPSA) is 58.2 Å². The Morgan fingerprint density at radius 3 is 2.39 bits per heavy atom. The number of carbonyl (C=O) groups is 2. The van der Waals surface area contributed by atoms with Gasteiger partial charge in [-0.1, -0.05) is 49.4 Å². The predicted molar refractivity (Wildman–Crippen MR) is 128 cm³/mol. The van der Waals surface area contributed by atoms with Gasteiger partial charge in [-0.15, -0.1) is 11.3 Å². The first-order valence-corrected chi connectivity index (χ1v) is 11.3. The zero-order valence-corrected chi connectivity index (χ0v) is 19.2. The Kier molecular flexibility index (Phi) is 7.42. The molecule has 0 fully saturated rings. The van der Waals surface area contributed by atoms with Crippen LogP contribution in [0, 0.1) is 20.8 Å². The fourth-order valence-electron chi connectivity index (χ4n) is 3.33. The molecule has 160 valence electrons. The molecule has 3 aromatic rings. The number of nitrogens with one attached hydrogen (secondary N) is 2. The van der Waals surface area contributed by atoms with Gasteiger partial charge in [0, 0.05) is 10.4 Å². The number of carbonyl (C=O) groups excluding carboxylic acids is 2. The Bertz CT molecular complexity index is 1100. The Balaban J connectivity index is 1.86. The first kappa shape index (κ1) is 22.5. The van der Waals surface area contributed by atoms with E-state index in [9.17, 15) is 9.59 Å². The van der Waals surface area contributed by atoms with E-state index in [0.29, 0.717) is 5.56 Å². The molecule has 1 aromatic heterocycles. The largest absolute Gasteiger partial charge is 0.344 e. The molecule has 0 spiro atoms. The third-order valence-electron chi connectivity index (χ3n) is 5.36. The summed E-state index contributed by atoms with van der Waals surface area (Å²) < 4.78 is 0. The molecule has 3 rings (SSSR count). The third kappa shape index (κ3) is 5.70. The molecule has 0 aliphatic carbocycles. The highest BCUT2D eigenvalue weighted by atomic mass is 32.1. The van der Waals surface area contributed by atoms with E-state index in [4.69, 9.17) is 0 Å². The fourth-order valence-corrected chi connectivity index (χ4v) is 3.99. The highest BCUT2D eigenvalue weighted by Crippen LogP contribution is 2.21. The van der Waals surface area contributed by atoms with Crippen molar-refractivity contribution in [1.82, 2.24) is 10.6 Å². The minimum Gasteiger partial charge on any atom is -0.344 e. The molecule has 0 unspecified atom stereocenters. The maximum absolute atomic E-state index is 13.2. The van der Waals surface area contributed by atoms with Crippen molar-refractivity contribution in [3.05, 3.63) is 98.4 Å². The van der Waals surface area contributed by atoms with Gasteiger partial charge in [0.2, 0.25) is 0 Å². The second-order valence-electron chi connectivity index (χ2n) is 7.62. The number of aryl methyl sites for hydroxylation is 3. The third-order valence-corrected chi connectivity index (χ3v) is 6.18. The zero-order valence-electron chi connectivity index (χ0n) is 18.4. The normalized spacial score (nSPS) is 12.3. The van der Waals surface area contributed by atoms with Crippen molar-refractivity contribution in [2.45, 2.75) is 40.2 Å². The molecule has 1 heterocycles. The van der Waals surface area contributed by atoms with Crippen LogP contribution < -0.4 is 10.6 Å². The first-order valence-electron chi connectivity index (χ1n) is 10.4. The maximum Gasteiger partial charge on any atom is 0.268 e. The molecular formula is C26H28N2O2S. The summed E-state index contributed by atoms with van der Waals surface area (Å²) in [4.78, 5) is 27.0. The van der Waals surface area contributed by atoms with Gasteiger partial charge < -0.3 is 10.6 Å². The van der Waals surface area contributed by atoms with Crippen LogP contribution in [0.2, 0.25) is 0 Å². The molecule has 0 saturated carbocycles. The quantitative estimate of drug-likeness (QED) is 0.470. The van der Waals surface area contributed by atoms with Crippen LogP contribution in [-0.2, 0) is 4.79 Å². The number of rotatable bonds is 7. The standard InChI is InChI=1S/C26H28N2O2S/c1-5-23(20-13-12-17(2)19(4)15-20)27-26(30)24(16-21-10-8-14-31-21)28-25(29)22-11-7-6-9-18(22)3/h6-16,23H,5H2,1-4H3,(H,27,30)(H,28,29)/b24-16-/t23-/m1/s1. The SMILES string of the molecule is CC[C@@H](NC(=O)/C(=C/c1cccs1)NC(=O)c1ccccc1C)c1ccc(C)c(C)c1. The van der Waals surface area contributed by atoms with Crippen LogP contribution in [0.3, 0.4) is 0 Å². The van der Waals surface area contributed by atoms with Gasteiger partial charge in [-0.3, -0.25) is 9.59 Å². The van der Waals surface area contributed by atoms with Crippen LogP contribution in [0.5, 0.6) is 0 Å². The lowest BCUT2D eigenvalue weighted by atomic mass is 9.99. The summed E-state index contributed by atoms with van der Waals surface area (Å²) in [6.45, 7) is 8.05. The monoisotopic (exact) mass is 432 g/mol. The highest BCUT2D eigenvalue weighted by Gasteiger charge is 2.20. The van der Waals surface area contributed by atoms with Crippen molar-refractivity contribution in [2.75, 3.05) is 0 Å². The highest BCUT2D eigenvalue weighted by molar-refractivity contribution is 7.10. The van der Waals surface area contributed by atoms with Crippen molar-refractivity contribution >= 4 is 29.2 Å². The molecule has 2 N–H and O–H groups in total. The summed E-state index contributed by atoms with van der Waals surface area (Å²) in [7, 11) is 0. The van der Waals surface area contributed by atoms with Crippen LogP contribution in [0.1, 0.15) is 56.9 Å². The van der Waals surface area contributed by atoms with E-state index in [0.717, 1.165) is 22.4 Å². The lowest BCUT2D eigenvalue weighted by molar-refractivity contribution is -0.118. The molecule has 1 atom stereocenters. The minimum absolute atomic E-state index is 0.145. The van der Waals surface area contributed by atoms with E-state index >= 15 is 0 Å². The zero-order chi connectivity index (χ0) is 22.4. The van der Waals surface area contributed by atoms with E-state index < -0.39 is 0 Å². The summed E-state index contributed by atoms with van der Waals surface area (Å²) in [5.74, 6) is -0.601. The van der Waals surface area contributed by atoms with Gasteiger partial charge in [0.1, 0.15) is 5.70 Å². The van der Waals surface area contributed by atoms with Crippen LogP contribution in [0.4, 0.5) is 0 Å². The van der Waals surface area contributed by atoms with E-state index in [1.807, 2.05) is 55.6 Å². The number of thiophene rings is 1. The van der Waals surface area contributed by atoms with E-state index in [-0.39, 0.29) is 23.6 Å². The lowest BCUT2D eigenvalue weighted by Crippen LogP contribution is -2.37. The summed E-state index contributed by atoms with van der Waals surface area (Å²) in [6.07, 6.45) is 2.47. The predicted octanol–water partition coefficient (Wildman–Crippen LogP) is 5.71. The molecule has 0 aliphatic heterocycles. The molecule has 5 heteroatoms. The minimum atomic E-state index is -0.305. The van der Waals surface area contributed by atoms with E-state index in [2.05, 4.69) is 36.6 Å². The molecule has 0 radical (unpaired) electrons. The van der Waals surface area contributed by atoms with E-state index in [1.165, 1.54) is 22.5 Å². The van der Waals surface area contributed by atoms with Gasteiger partial charge in [-0.05, 0) is 73.0 Å². The lowest BCUT2D eigenvalue weighted by Gasteiger charge is -2.20. The van der Waals surface area contributed by atoms with Crippen molar-refractivity contribution in [3.63, 3.8) is 0 Å². The van der Waals surface area contributed by atoms with Crippen molar-refractivity contribution in [3.8, 4) is 0 Å². The average molecular weight is 433 g/mol. The van der Waals surface area contributed by atoms with Gasteiger partial charge in [0.15, 0.2) is 0 Å². The Morgan fingerprint density at radius 2 is 1.74 bits per heavy atom. The summed E-state index contributed by atoms with van der Waals surface area (Å²) >= 11 is 1.51. The van der Waals surface area contributed by atoms with Crippen LogP contribution in [0.15, 0.2) is 65.7 Å². The number of hydrogen-bond donors (Lipinski definition) is 2. The van der Waals surface area contributed by atoms with Crippen LogP contribution >= 0.6 is 11.3 Å². The molecule has 31 heavy (non-hydrogen) atoms. The second-order valence-corrected chi connectivity index (χ2v) is 8.60. The van der Waals surface area contributed by atoms with E-state index in [1.54, 1.807) is 12.1 Å².